The van der Waals surface area contributed by atoms with Crippen LogP contribution in [0.3, 0.4) is 0 Å². The molecule has 1 aromatic heterocycles. The first-order valence-corrected chi connectivity index (χ1v) is 7.16. The Morgan fingerprint density at radius 1 is 1.36 bits per heavy atom. The number of aromatic amines is 1. The normalized spacial score (nSPS) is 12.6. The molecule has 2 rings (SSSR count). The van der Waals surface area contributed by atoms with E-state index >= 15 is 0 Å². The maximum absolute atomic E-state index is 13.3. The molecule has 0 aliphatic rings. The standard InChI is InChI=1S/C16H19FN2O3/c1-9(2)13(5-6-20)19-16(22)12-8-15(21)18-14-7-10(17)3-4-11(12)14/h3-4,7-9,13,20H,5-6H2,1-2H3,(H,18,21)(H,19,22). The van der Waals surface area contributed by atoms with Crippen LogP contribution >= 0.6 is 0 Å². The molecule has 1 amide bonds. The number of aliphatic hydroxyl groups excluding tert-OH is 1. The lowest BCUT2D eigenvalue weighted by Gasteiger charge is -2.21. The SMILES string of the molecule is CC(C)C(CCO)NC(=O)c1cc(=O)[nH]c2cc(F)ccc12. The first-order valence-electron chi connectivity index (χ1n) is 7.16. The van der Waals surface area contributed by atoms with Gasteiger partial charge in [0.2, 0.25) is 5.56 Å². The lowest BCUT2D eigenvalue weighted by atomic mass is 10.00. The van der Waals surface area contributed by atoms with Crippen molar-refractivity contribution in [3.8, 4) is 0 Å². The molecule has 118 valence electrons. The van der Waals surface area contributed by atoms with E-state index in [1.165, 1.54) is 24.3 Å². The van der Waals surface area contributed by atoms with Crippen molar-refractivity contribution >= 4 is 16.8 Å². The second-order valence-corrected chi connectivity index (χ2v) is 5.57. The van der Waals surface area contributed by atoms with E-state index in [9.17, 15) is 14.0 Å². The molecule has 1 unspecified atom stereocenters. The molecule has 1 heterocycles. The van der Waals surface area contributed by atoms with Crippen molar-refractivity contribution < 1.29 is 14.3 Å². The van der Waals surface area contributed by atoms with Gasteiger partial charge in [-0.3, -0.25) is 9.59 Å². The van der Waals surface area contributed by atoms with Crippen LogP contribution in [0.2, 0.25) is 0 Å². The molecule has 1 aromatic carbocycles. The van der Waals surface area contributed by atoms with Crippen LogP contribution in [-0.2, 0) is 0 Å². The number of hydrogen-bond acceptors (Lipinski definition) is 3. The van der Waals surface area contributed by atoms with Gasteiger partial charge in [-0.15, -0.1) is 0 Å². The fourth-order valence-electron chi connectivity index (χ4n) is 2.38. The minimum Gasteiger partial charge on any atom is -0.396 e. The molecule has 2 aromatic rings. The fraction of sp³-hybridized carbons (Fsp3) is 0.375. The van der Waals surface area contributed by atoms with E-state index in [-0.39, 0.29) is 29.6 Å². The highest BCUT2D eigenvalue weighted by atomic mass is 19.1. The summed E-state index contributed by atoms with van der Waals surface area (Å²) in [6.07, 6.45) is 0.430. The number of carbonyl (C=O) groups is 1. The Kier molecular flexibility index (Phi) is 4.92. The van der Waals surface area contributed by atoms with Crippen LogP contribution in [0.15, 0.2) is 29.1 Å². The van der Waals surface area contributed by atoms with E-state index < -0.39 is 17.3 Å². The number of benzene rings is 1. The summed E-state index contributed by atoms with van der Waals surface area (Å²) in [6, 6.07) is 4.89. The quantitative estimate of drug-likeness (QED) is 0.788. The van der Waals surface area contributed by atoms with Crippen LogP contribution in [0.5, 0.6) is 0 Å². The summed E-state index contributed by atoms with van der Waals surface area (Å²) < 4.78 is 13.3. The summed E-state index contributed by atoms with van der Waals surface area (Å²) in [5, 5.41) is 12.4. The van der Waals surface area contributed by atoms with Gasteiger partial charge < -0.3 is 15.4 Å². The van der Waals surface area contributed by atoms with Crippen molar-refractivity contribution in [1.82, 2.24) is 10.3 Å². The van der Waals surface area contributed by atoms with E-state index in [4.69, 9.17) is 5.11 Å². The topological polar surface area (TPSA) is 82.2 Å². The number of halogens is 1. The Balaban J connectivity index is 2.41. The van der Waals surface area contributed by atoms with Gasteiger partial charge in [-0.2, -0.15) is 0 Å². The third-order valence-corrected chi connectivity index (χ3v) is 3.61. The van der Waals surface area contributed by atoms with Gasteiger partial charge in [-0.1, -0.05) is 13.8 Å². The third-order valence-electron chi connectivity index (χ3n) is 3.61. The van der Waals surface area contributed by atoms with E-state index in [0.717, 1.165) is 0 Å². The van der Waals surface area contributed by atoms with Crippen molar-refractivity contribution in [1.29, 1.82) is 0 Å². The largest absolute Gasteiger partial charge is 0.396 e. The number of rotatable bonds is 5. The molecular weight excluding hydrogens is 287 g/mol. The number of fused-ring (bicyclic) bond motifs is 1. The Labute approximate surface area is 127 Å². The van der Waals surface area contributed by atoms with Crippen LogP contribution in [0.25, 0.3) is 10.9 Å². The Bertz CT molecular complexity index is 740. The van der Waals surface area contributed by atoms with Crippen LogP contribution in [0, 0.1) is 11.7 Å². The molecule has 6 heteroatoms. The average molecular weight is 306 g/mol. The highest BCUT2D eigenvalue weighted by Crippen LogP contribution is 2.17. The molecule has 0 spiro atoms. The first kappa shape index (κ1) is 16.2. The van der Waals surface area contributed by atoms with Gasteiger partial charge in [0.05, 0.1) is 11.1 Å². The van der Waals surface area contributed by atoms with Gasteiger partial charge in [0.1, 0.15) is 5.82 Å². The highest BCUT2D eigenvalue weighted by Gasteiger charge is 2.19. The number of pyridine rings is 1. The van der Waals surface area contributed by atoms with Crippen molar-refractivity contribution in [2.24, 2.45) is 5.92 Å². The van der Waals surface area contributed by atoms with Crippen LogP contribution < -0.4 is 10.9 Å². The van der Waals surface area contributed by atoms with Crippen molar-refractivity contribution in [2.75, 3.05) is 6.61 Å². The summed E-state index contributed by atoms with van der Waals surface area (Å²) in [7, 11) is 0. The van der Waals surface area contributed by atoms with Crippen molar-refractivity contribution in [3.63, 3.8) is 0 Å². The van der Waals surface area contributed by atoms with Gasteiger partial charge in [0.15, 0.2) is 0 Å². The summed E-state index contributed by atoms with van der Waals surface area (Å²) in [4.78, 5) is 26.6. The Morgan fingerprint density at radius 2 is 2.09 bits per heavy atom. The highest BCUT2D eigenvalue weighted by molar-refractivity contribution is 6.06. The molecule has 0 aliphatic carbocycles. The smallest absolute Gasteiger partial charge is 0.252 e. The molecule has 0 saturated heterocycles. The molecule has 0 saturated carbocycles. The zero-order chi connectivity index (χ0) is 16.3. The number of nitrogens with one attached hydrogen (secondary N) is 2. The average Bonchev–Trinajstić information content (AvgIpc) is 2.45. The predicted octanol–water partition coefficient (Wildman–Crippen LogP) is 1.80. The zero-order valence-electron chi connectivity index (χ0n) is 12.5. The lowest BCUT2D eigenvalue weighted by Crippen LogP contribution is -2.39. The van der Waals surface area contributed by atoms with Gasteiger partial charge in [-0.25, -0.2) is 4.39 Å². The summed E-state index contributed by atoms with van der Waals surface area (Å²) in [6.45, 7) is 3.84. The number of H-pyrrole nitrogens is 1. The van der Waals surface area contributed by atoms with E-state index in [0.29, 0.717) is 11.8 Å². The Morgan fingerprint density at radius 3 is 2.73 bits per heavy atom. The monoisotopic (exact) mass is 306 g/mol. The second kappa shape index (κ2) is 6.70. The maximum Gasteiger partial charge on any atom is 0.252 e. The number of hydrogen-bond donors (Lipinski definition) is 3. The molecule has 3 N–H and O–H groups in total. The molecule has 0 bridgehead atoms. The van der Waals surface area contributed by atoms with Crippen LogP contribution in [0.1, 0.15) is 30.6 Å². The predicted molar refractivity (Wildman–Crippen MR) is 82.3 cm³/mol. The van der Waals surface area contributed by atoms with E-state index in [2.05, 4.69) is 10.3 Å². The molecular formula is C16H19FN2O3. The van der Waals surface area contributed by atoms with Crippen molar-refractivity contribution in [3.05, 3.63) is 46.0 Å². The van der Waals surface area contributed by atoms with Gasteiger partial charge >= 0.3 is 0 Å². The second-order valence-electron chi connectivity index (χ2n) is 5.57. The maximum atomic E-state index is 13.3. The molecule has 0 aliphatic heterocycles. The fourth-order valence-corrected chi connectivity index (χ4v) is 2.38. The van der Waals surface area contributed by atoms with E-state index in [1.807, 2.05) is 13.8 Å². The first-order chi connectivity index (χ1) is 10.4. The minimum atomic E-state index is -0.485. The van der Waals surface area contributed by atoms with Gasteiger partial charge in [0.25, 0.3) is 5.91 Å². The van der Waals surface area contributed by atoms with Crippen molar-refractivity contribution in [2.45, 2.75) is 26.3 Å². The summed E-state index contributed by atoms with van der Waals surface area (Å²) in [5.74, 6) is -0.752. The molecule has 22 heavy (non-hydrogen) atoms. The minimum absolute atomic E-state index is 0.0372. The lowest BCUT2D eigenvalue weighted by molar-refractivity contribution is 0.0918. The number of amides is 1. The summed E-state index contributed by atoms with van der Waals surface area (Å²) >= 11 is 0. The van der Waals surface area contributed by atoms with Gasteiger partial charge in [0, 0.05) is 24.1 Å². The molecule has 5 nitrogen and oxygen atoms in total. The molecule has 0 radical (unpaired) electrons. The van der Waals surface area contributed by atoms with Gasteiger partial charge in [-0.05, 0) is 30.5 Å². The van der Waals surface area contributed by atoms with Crippen LogP contribution in [0.4, 0.5) is 4.39 Å². The number of aliphatic hydroxyl groups is 1. The number of carbonyl (C=O) groups excluding carboxylic acids is 1. The molecule has 1 atom stereocenters. The van der Waals surface area contributed by atoms with E-state index in [1.54, 1.807) is 0 Å². The third kappa shape index (κ3) is 3.51. The molecule has 0 fully saturated rings. The summed E-state index contributed by atoms with van der Waals surface area (Å²) in [5.41, 5.74) is 0.00903. The number of aromatic nitrogens is 1. The van der Waals surface area contributed by atoms with Crippen LogP contribution in [-0.4, -0.2) is 28.6 Å². The zero-order valence-corrected chi connectivity index (χ0v) is 12.5. The Hall–Kier alpha value is -2.21.